The molecule has 1 amide bonds. The summed E-state index contributed by atoms with van der Waals surface area (Å²) in [6.45, 7) is 1.77. The second-order valence-corrected chi connectivity index (χ2v) is 8.12. The molecule has 0 spiro atoms. The molecule has 2 fully saturated rings. The zero-order valence-corrected chi connectivity index (χ0v) is 15.9. The quantitative estimate of drug-likeness (QED) is 0.665. The molecule has 3 rings (SSSR count). The molecule has 153 valence electrons. The van der Waals surface area contributed by atoms with Crippen LogP contribution in [0.25, 0.3) is 0 Å². The van der Waals surface area contributed by atoms with Gasteiger partial charge in [-0.25, -0.2) is 13.2 Å². The van der Waals surface area contributed by atoms with Crippen molar-refractivity contribution in [3.63, 3.8) is 0 Å². The molecule has 2 bridgehead atoms. The highest BCUT2D eigenvalue weighted by Gasteiger charge is 2.45. The summed E-state index contributed by atoms with van der Waals surface area (Å²) in [6, 6.07) is 0.950. The summed E-state index contributed by atoms with van der Waals surface area (Å²) in [5.74, 6) is -2.58. The molecule has 4 nitrogen and oxygen atoms in total. The molecule has 1 aromatic rings. The summed E-state index contributed by atoms with van der Waals surface area (Å²) in [5.41, 5.74) is 5.35. The standard InChI is InChI=1S/C21H26F3N2O2/c1-11(21(25)28)26-10-19(27)20-14-4-5-15(20)7-12(6-14)2-3-13-8-17(23)18(24)9-16(13)22/h2,8-9,11-12,14-15,20,26H,3-7,10H2,1H3,(H2,25,28)/t11-,12?,14-,15+,20?/m1/s1. The lowest BCUT2D eigenvalue weighted by Gasteiger charge is -2.34. The predicted octanol–water partition coefficient (Wildman–Crippen LogP) is 2.94. The van der Waals surface area contributed by atoms with Gasteiger partial charge in [-0.15, -0.1) is 0 Å². The zero-order chi connectivity index (χ0) is 20.4. The van der Waals surface area contributed by atoms with Gasteiger partial charge in [-0.2, -0.15) is 0 Å². The summed E-state index contributed by atoms with van der Waals surface area (Å²) in [6.07, 6.45) is 5.85. The van der Waals surface area contributed by atoms with Gasteiger partial charge in [0.25, 0.3) is 0 Å². The van der Waals surface area contributed by atoms with E-state index in [-0.39, 0.29) is 48.0 Å². The van der Waals surface area contributed by atoms with Crippen LogP contribution in [0.3, 0.4) is 0 Å². The first-order valence-electron chi connectivity index (χ1n) is 9.78. The summed E-state index contributed by atoms with van der Waals surface area (Å²) >= 11 is 0. The van der Waals surface area contributed by atoms with Gasteiger partial charge in [0.2, 0.25) is 5.91 Å². The van der Waals surface area contributed by atoms with Crippen molar-refractivity contribution in [2.24, 2.45) is 29.4 Å². The van der Waals surface area contributed by atoms with Crippen molar-refractivity contribution in [2.45, 2.75) is 45.1 Å². The van der Waals surface area contributed by atoms with Gasteiger partial charge in [0, 0.05) is 12.0 Å². The van der Waals surface area contributed by atoms with Crippen LogP contribution in [0.2, 0.25) is 0 Å². The fraction of sp³-hybridized carbons (Fsp3) is 0.571. The van der Waals surface area contributed by atoms with Crippen molar-refractivity contribution in [3.8, 4) is 0 Å². The molecular formula is C21H26F3N2O2. The molecule has 2 unspecified atom stereocenters. The third-order valence-electron chi connectivity index (χ3n) is 6.28. The maximum atomic E-state index is 13.8. The number of fused-ring (bicyclic) bond motifs is 2. The highest BCUT2D eigenvalue weighted by atomic mass is 19.2. The Bertz CT molecular complexity index is 741. The van der Waals surface area contributed by atoms with Crippen molar-refractivity contribution < 1.29 is 22.8 Å². The lowest BCUT2D eigenvalue weighted by molar-refractivity contribution is -0.126. The first kappa shape index (κ1) is 20.8. The topological polar surface area (TPSA) is 72.2 Å². The Kier molecular flexibility index (Phi) is 6.43. The number of carbonyl (C=O) groups excluding carboxylic acids is 2. The van der Waals surface area contributed by atoms with Crippen LogP contribution in [0.4, 0.5) is 13.2 Å². The number of nitrogens with one attached hydrogen (secondary N) is 1. The molecule has 2 aliphatic carbocycles. The number of hydrogen-bond donors (Lipinski definition) is 2. The second-order valence-electron chi connectivity index (χ2n) is 8.12. The third-order valence-corrected chi connectivity index (χ3v) is 6.28. The van der Waals surface area contributed by atoms with Gasteiger partial charge in [-0.05, 0) is 74.8 Å². The lowest BCUT2D eigenvalue weighted by atomic mass is 9.70. The molecule has 2 saturated carbocycles. The van der Waals surface area contributed by atoms with Crippen LogP contribution in [-0.2, 0) is 16.0 Å². The van der Waals surface area contributed by atoms with Gasteiger partial charge < -0.3 is 5.73 Å². The van der Waals surface area contributed by atoms with Crippen molar-refractivity contribution in [1.29, 1.82) is 0 Å². The summed E-state index contributed by atoms with van der Waals surface area (Å²) < 4.78 is 40.2. The second kappa shape index (κ2) is 8.64. The van der Waals surface area contributed by atoms with Crippen molar-refractivity contribution in [1.82, 2.24) is 5.32 Å². The number of hydrogen-bond acceptors (Lipinski definition) is 3. The molecule has 0 aliphatic heterocycles. The fourth-order valence-corrected chi connectivity index (χ4v) is 4.78. The van der Waals surface area contributed by atoms with E-state index in [1.165, 1.54) is 0 Å². The van der Waals surface area contributed by atoms with Crippen LogP contribution in [0.15, 0.2) is 12.1 Å². The van der Waals surface area contributed by atoms with Crippen LogP contribution in [0, 0.1) is 47.5 Å². The van der Waals surface area contributed by atoms with Crippen LogP contribution < -0.4 is 11.1 Å². The molecule has 0 heterocycles. The average Bonchev–Trinajstić information content (AvgIpc) is 2.91. The van der Waals surface area contributed by atoms with E-state index >= 15 is 0 Å². The highest BCUT2D eigenvalue weighted by Crippen LogP contribution is 2.50. The molecule has 0 aromatic heterocycles. The molecule has 2 aliphatic rings. The van der Waals surface area contributed by atoms with Gasteiger partial charge in [-0.1, -0.05) is 0 Å². The molecule has 3 N–H and O–H groups in total. The Morgan fingerprint density at radius 1 is 1.14 bits per heavy atom. The molecule has 1 radical (unpaired) electrons. The molecule has 0 saturated heterocycles. The van der Waals surface area contributed by atoms with Crippen LogP contribution >= 0.6 is 0 Å². The average molecular weight is 395 g/mol. The maximum Gasteiger partial charge on any atom is 0.234 e. The van der Waals surface area contributed by atoms with Crippen molar-refractivity contribution in [3.05, 3.63) is 41.6 Å². The molecular weight excluding hydrogens is 369 g/mol. The number of amides is 1. The maximum absolute atomic E-state index is 13.8. The molecule has 1 aromatic carbocycles. The zero-order valence-electron chi connectivity index (χ0n) is 15.9. The number of benzene rings is 1. The Morgan fingerprint density at radius 3 is 2.36 bits per heavy atom. The van der Waals surface area contributed by atoms with Crippen LogP contribution in [-0.4, -0.2) is 24.3 Å². The van der Waals surface area contributed by atoms with Gasteiger partial charge >= 0.3 is 0 Å². The summed E-state index contributed by atoms with van der Waals surface area (Å²) in [7, 11) is 0. The van der Waals surface area contributed by atoms with E-state index in [9.17, 15) is 22.8 Å². The number of primary amides is 1. The van der Waals surface area contributed by atoms with E-state index in [1.807, 2.05) is 6.42 Å². The number of carbonyl (C=O) groups is 2. The summed E-state index contributed by atoms with van der Waals surface area (Å²) in [5, 5.41) is 2.88. The fourth-order valence-electron chi connectivity index (χ4n) is 4.78. The normalized spacial score (nSPS) is 27.6. The van der Waals surface area contributed by atoms with Crippen LogP contribution in [0.5, 0.6) is 0 Å². The molecule has 28 heavy (non-hydrogen) atoms. The van der Waals surface area contributed by atoms with Gasteiger partial charge in [-0.3, -0.25) is 14.9 Å². The minimum absolute atomic E-state index is 0.0165. The van der Waals surface area contributed by atoms with Crippen molar-refractivity contribution >= 4 is 11.7 Å². The van der Waals surface area contributed by atoms with E-state index < -0.39 is 29.4 Å². The minimum Gasteiger partial charge on any atom is -0.368 e. The Labute approximate surface area is 163 Å². The first-order chi connectivity index (χ1) is 13.3. The Hall–Kier alpha value is -1.89. The number of halogens is 3. The van der Waals surface area contributed by atoms with E-state index in [2.05, 4.69) is 5.32 Å². The molecule has 7 heteroatoms. The number of ketones is 1. The summed E-state index contributed by atoms with van der Waals surface area (Å²) in [4.78, 5) is 23.7. The predicted molar refractivity (Wildman–Crippen MR) is 98.4 cm³/mol. The van der Waals surface area contributed by atoms with E-state index in [4.69, 9.17) is 5.73 Å². The number of Topliss-reactive ketones (excluding diaryl/α,β-unsaturated/α-hetero) is 1. The first-order valence-corrected chi connectivity index (χ1v) is 9.78. The Balaban J connectivity index is 1.54. The highest BCUT2D eigenvalue weighted by molar-refractivity contribution is 5.85. The van der Waals surface area contributed by atoms with E-state index in [1.54, 1.807) is 6.92 Å². The lowest BCUT2D eigenvalue weighted by Crippen LogP contribution is -2.44. The van der Waals surface area contributed by atoms with Crippen molar-refractivity contribution in [2.75, 3.05) is 6.54 Å². The Morgan fingerprint density at radius 2 is 1.75 bits per heavy atom. The largest absolute Gasteiger partial charge is 0.368 e. The van der Waals surface area contributed by atoms with E-state index in [0.29, 0.717) is 6.07 Å². The monoisotopic (exact) mass is 395 g/mol. The van der Waals surface area contributed by atoms with Gasteiger partial charge in [0.15, 0.2) is 11.6 Å². The van der Waals surface area contributed by atoms with Gasteiger partial charge in [0.1, 0.15) is 11.6 Å². The number of rotatable bonds is 8. The number of nitrogens with two attached hydrogens (primary N) is 1. The smallest absolute Gasteiger partial charge is 0.234 e. The molecule has 5 atom stereocenters. The van der Waals surface area contributed by atoms with Crippen LogP contribution in [0.1, 0.15) is 38.2 Å². The SMILES string of the molecule is C[C@@H](NCC(=O)C1[C@@H]2CC[C@H]1CC([CH]Cc1cc(F)c(F)cc1F)C2)C(N)=O. The van der Waals surface area contributed by atoms with E-state index in [0.717, 1.165) is 31.7 Å². The third kappa shape index (κ3) is 4.57. The van der Waals surface area contributed by atoms with Gasteiger partial charge in [0.05, 0.1) is 12.6 Å². The minimum atomic E-state index is -1.18.